The normalized spacial score (nSPS) is 54.3. The van der Waals surface area contributed by atoms with E-state index in [1.807, 2.05) is 6.08 Å². The van der Waals surface area contributed by atoms with Crippen LogP contribution >= 0.6 is 0 Å². The molecule has 2 nitrogen and oxygen atoms in total. The second-order valence-electron chi connectivity index (χ2n) is 9.24. The van der Waals surface area contributed by atoms with Gasteiger partial charge in [0.15, 0.2) is 5.78 Å². The summed E-state index contributed by atoms with van der Waals surface area (Å²) < 4.78 is 0. The van der Waals surface area contributed by atoms with Crippen molar-refractivity contribution >= 4 is 5.78 Å². The van der Waals surface area contributed by atoms with E-state index in [0.29, 0.717) is 11.7 Å². The molecule has 3 fully saturated rings. The number of fused-ring (bicyclic) bond motifs is 5. The van der Waals surface area contributed by atoms with Gasteiger partial charge in [-0.1, -0.05) is 19.4 Å². The van der Waals surface area contributed by atoms with Crippen molar-refractivity contribution < 1.29 is 9.90 Å². The summed E-state index contributed by atoms with van der Waals surface area (Å²) in [6.45, 7) is 6.85. The molecule has 0 aliphatic heterocycles. The Morgan fingerprint density at radius 2 is 1.73 bits per heavy atom. The van der Waals surface area contributed by atoms with Crippen LogP contribution in [0.25, 0.3) is 0 Å². The average Bonchev–Trinajstić information content (AvgIpc) is 2.70. The van der Waals surface area contributed by atoms with E-state index in [1.54, 1.807) is 0 Å². The maximum atomic E-state index is 11.8. The van der Waals surface area contributed by atoms with Crippen molar-refractivity contribution in [2.75, 3.05) is 0 Å². The van der Waals surface area contributed by atoms with Gasteiger partial charge in [-0.25, -0.2) is 0 Å². The van der Waals surface area contributed by atoms with E-state index >= 15 is 0 Å². The molecule has 0 aromatic carbocycles. The molecule has 4 aliphatic rings. The van der Waals surface area contributed by atoms with E-state index < -0.39 is 5.60 Å². The minimum atomic E-state index is -0.484. The highest BCUT2D eigenvalue weighted by Crippen LogP contribution is 2.67. The second-order valence-corrected chi connectivity index (χ2v) is 9.24. The van der Waals surface area contributed by atoms with Crippen molar-refractivity contribution in [3.63, 3.8) is 0 Å². The maximum absolute atomic E-state index is 11.8. The van der Waals surface area contributed by atoms with Crippen LogP contribution in [0, 0.1) is 28.6 Å². The number of carbonyl (C=O) groups excluding carboxylic acids is 1. The fourth-order valence-electron chi connectivity index (χ4n) is 6.80. The minimum Gasteiger partial charge on any atom is -0.390 e. The van der Waals surface area contributed by atoms with Gasteiger partial charge < -0.3 is 5.11 Å². The standard InChI is InChI=1S/C20H30O2/c1-18-9-6-14(21)12-13(18)4-5-15-16(18)7-10-19(2)17(15)8-11-20(19,3)22/h12,15-17,22H,4-11H2,1-3H3/t15-,16-,17+,18-,19+,20-/m0/s1. The number of hydrogen-bond donors (Lipinski definition) is 1. The number of allylic oxidation sites excluding steroid dienone is 1. The largest absolute Gasteiger partial charge is 0.390 e. The third-order valence-corrected chi connectivity index (χ3v) is 8.52. The molecule has 0 saturated heterocycles. The quantitative estimate of drug-likeness (QED) is 0.725. The van der Waals surface area contributed by atoms with Gasteiger partial charge in [-0.3, -0.25) is 4.79 Å². The van der Waals surface area contributed by atoms with E-state index in [9.17, 15) is 9.90 Å². The van der Waals surface area contributed by atoms with E-state index in [0.717, 1.165) is 43.9 Å². The summed E-state index contributed by atoms with van der Waals surface area (Å²) in [6, 6.07) is 0. The summed E-state index contributed by atoms with van der Waals surface area (Å²) in [5.74, 6) is 2.50. The number of aliphatic hydroxyl groups is 1. The molecule has 0 aromatic heterocycles. The first-order chi connectivity index (χ1) is 10.3. The zero-order chi connectivity index (χ0) is 15.8. The van der Waals surface area contributed by atoms with Crippen LogP contribution in [0.3, 0.4) is 0 Å². The molecule has 0 heterocycles. The van der Waals surface area contributed by atoms with Crippen molar-refractivity contribution in [2.24, 2.45) is 28.6 Å². The lowest BCUT2D eigenvalue weighted by Gasteiger charge is -2.58. The molecule has 122 valence electrons. The SMILES string of the molecule is C[C@]12CCC(=O)C=C1CC[C@@H]1[C@H]3CC[C@](C)(O)[C@]3(C)CC[C@@H]12. The molecule has 0 radical (unpaired) electrons. The summed E-state index contributed by atoms with van der Waals surface area (Å²) in [5.41, 5.74) is 1.32. The molecule has 0 amide bonds. The Labute approximate surface area is 134 Å². The van der Waals surface area contributed by atoms with Crippen LogP contribution in [0.2, 0.25) is 0 Å². The smallest absolute Gasteiger partial charge is 0.155 e. The predicted molar refractivity (Wildman–Crippen MR) is 87.3 cm³/mol. The van der Waals surface area contributed by atoms with Gasteiger partial charge in [-0.15, -0.1) is 0 Å². The van der Waals surface area contributed by atoms with E-state index in [-0.39, 0.29) is 10.8 Å². The van der Waals surface area contributed by atoms with E-state index in [4.69, 9.17) is 0 Å². The summed E-state index contributed by atoms with van der Waals surface area (Å²) in [7, 11) is 0. The van der Waals surface area contributed by atoms with Crippen molar-refractivity contribution in [3.8, 4) is 0 Å². The van der Waals surface area contributed by atoms with Crippen molar-refractivity contribution in [1.82, 2.24) is 0 Å². The van der Waals surface area contributed by atoms with Crippen LogP contribution in [-0.4, -0.2) is 16.5 Å². The van der Waals surface area contributed by atoms with Crippen LogP contribution in [-0.2, 0) is 4.79 Å². The monoisotopic (exact) mass is 302 g/mol. The second kappa shape index (κ2) is 4.47. The number of rotatable bonds is 0. The lowest BCUT2D eigenvalue weighted by atomic mass is 9.46. The Morgan fingerprint density at radius 1 is 1.00 bits per heavy atom. The molecule has 6 atom stereocenters. The summed E-state index contributed by atoms with van der Waals surface area (Å²) >= 11 is 0. The van der Waals surface area contributed by atoms with Crippen molar-refractivity contribution in [2.45, 2.75) is 77.7 Å². The molecular formula is C20H30O2. The summed E-state index contributed by atoms with van der Waals surface area (Å²) in [5, 5.41) is 10.9. The van der Waals surface area contributed by atoms with Crippen LogP contribution < -0.4 is 0 Å². The van der Waals surface area contributed by atoms with Crippen molar-refractivity contribution in [3.05, 3.63) is 11.6 Å². The maximum Gasteiger partial charge on any atom is 0.155 e. The molecule has 2 heteroatoms. The Balaban J connectivity index is 1.70. The van der Waals surface area contributed by atoms with Crippen molar-refractivity contribution in [1.29, 1.82) is 0 Å². The average molecular weight is 302 g/mol. The highest BCUT2D eigenvalue weighted by atomic mass is 16.3. The van der Waals surface area contributed by atoms with Crippen LogP contribution in [0.15, 0.2) is 11.6 Å². The van der Waals surface area contributed by atoms with Gasteiger partial charge >= 0.3 is 0 Å². The molecule has 4 rings (SSSR count). The molecule has 0 aromatic rings. The van der Waals surface area contributed by atoms with Crippen LogP contribution in [0.1, 0.15) is 72.1 Å². The molecule has 0 bridgehead atoms. The Kier molecular flexibility index (Phi) is 3.03. The topological polar surface area (TPSA) is 37.3 Å². The summed E-state index contributed by atoms with van der Waals surface area (Å²) in [6.07, 6.45) is 10.7. The van der Waals surface area contributed by atoms with Gasteiger partial charge in [0.05, 0.1) is 5.60 Å². The van der Waals surface area contributed by atoms with Gasteiger partial charge in [-0.05, 0) is 86.5 Å². The van der Waals surface area contributed by atoms with Crippen LogP contribution in [0.5, 0.6) is 0 Å². The third-order valence-electron chi connectivity index (χ3n) is 8.52. The third kappa shape index (κ3) is 1.74. The Morgan fingerprint density at radius 3 is 2.50 bits per heavy atom. The first-order valence-electron chi connectivity index (χ1n) is 9.24. The van der Waals surface area contributed by atoms with Gasteiger partial charge in [-0.2, -0.15) is 0 Å². The van der Waals surface area contributed by atoms with E-state index in [2.05, 4.69) is 20.8 Å². The molecule has 0 spiro atoms. The van der Waals surface area contributed by atoms with Gasteiger partial charge in [0.1, 0.15) is 0 Å². The first kappa shape index (κ1) is 14.9. The molecule has 0 unspecified atom stereocenters. The molecular weight excluding hydrogens is 272 g/mol. The Hall–Kier alpha value is -0.630. The number of carbonyl (C=O) groups is 1. The zero-order valence-electron chi connectivity index (χ0n) is 14.3. The van der Waals surface area contributed by atoms with Gasteiger partial charge in [0.2, 0.25) is 0 Å². The van der Waals surface area contributed by atoms with Gasteiger partial charge in [0.25, 0.3) is 0 Å². The molecule has 4 aliphatic carbocycles. The minimum absolute atomic E-state index is 0.107. The van der Waals surface area contributed by atoms with Crippen LogP contribution in [0.4, 0.5) is 0 Å². The highest BCUT2D eigenvalue weighted by Gasteiger charge is 2.62. The molecule has 1 N–H and O–H groups in total. The number of hydrogen-bond acceptors (Lipinski definition) is 2. The predicted octanol–water partition coefficient (Wildman–Crippen LogP) is 4.27. The number of ketones is 1. The van der Waals surface area contributed by atoms with E-state index in [1.165, 1.54) is 24.8 Å². The lowest BCUT2D eigenvalue weighted by Crippen LogP contribution is -2.53. The first-order valence-corrected chi connectivity index (χ1v) is 9.24. The molecule has 3 saturated carbocycles. The zero-order valence-corrected chi connectivity index (χ0v) is 14.3. The Bertz CT molecular complexity index is 546. The fourth-order valence-corrected chi connectivity index (χ4v) is 6.80. The van der Waals surface area contributed by atoms with Gasteiger partial charge in [0, 0.05) is 6.42 Å². The lowest BCUT2D eigenvalue weighted by molar-refractivity contribution is -0.124. The molecule has 22 heavy (non-hydrogen) atoms. The summed E-state index contributed by atoms with van der Waals surface area (Å²) in [4.78, 5) is 11.8. The highest BCUT2D eigenvalue weighted by molar-refractivity contribution is 5.91. The fraction of sp³-hybridized carbons (Fsp3) is 0.850.